The number of nitrogens with one attached hydrogen (secondary N) is 1. The monoisotopic (exact) mass is 318 g/mol. The second-order valence-corrected chi connectivity index (χ2v) is 5.42. The minimum Gasteiger partial charge on any atom is -0.481 e. The molecule has 1 aromatic carbocycles. The summed E-state index contributed by atoms with van der Waals surface area (Å²) in [5, 5.41) is 3.27. The highest BCUT2D eigenvalue weighted by molar-refractivity contribution is 5.78. The molecule has 1 aliphatic rings. The van der Waals surface area contributed by atoms with Crippen molar-refractivity contribution in [2.45, 2.75) is 6.04 Å². The van der Waals surface area contributed by atoms with Gasteiger partial charge in [0.1, 0.15) is 11.9 Å². The number of imidazole rings is 1. The number of carbonyl (C=O) groups excluding carboxylic acids is 1. The number of piperazine rings is 1. The van der Waals surface area contributed by atoms with E-state index in [0.29, 0.717) is 19.6 Å². The molecular weight excluding hydrogens is 299 g/mol. The summed E-state index contributed by atoms with van der Waals surface area (Å²) in [6, 6.07) is 5.92. The van der Waals surface area contributed by atoms with Crippen LogP contribution in [0.2, 0.25) is 0 Å². The van der Waals surface area contributed by atoms with E-state index in [1.54, 1.807) is 23.2 Å². The van der Waals surface area contributed by atoms with Gasteiger partial charge >= 0.3 is 0 Å². The molecule has 2 aromatic rings. The van der Waals surface area contributed by atoms with Gasteiger partial charge in [-0.3, -0.25) is 4.79 Å². The molecule has 1 N–H and O–H groups in total. The Labute approximate surface area is 133 Å². The van der Waals surface area contributed by atoms with Crippen molar-refractivity contribution in [3.05, 3.63) is 48.3 Å². The number of aryl methyl sites for hydroxylation is 1. The van der Waals surface area contributed by atoms with E-state index in [4.69, 9.17) is 4.74 Å². The second kappa shape index (κ2) is 6.78. The fourth-order valence-corrected chi connectivity index (χ4v) is 2.72. The molecule has 7 heteroatoms. The summed E-state index contributed by atoms with van der Waals surface area (Å²) < 4.78 is 20.8. The number of hydrogen-bond acceptors (Lipinski definition) is 4. The summed E-state index contributed by atoms with van der Waals surface area (Å²) >= 11 is 0. The largest absolute Gasteiger partial charge is 0.481 e. The third-order valence-electron chi connectivity index (χ3n) is 3.91. The van der Waals surface area contributed by atoms with Crippen molar-refractivity contribution in [2.24, 2.45) is 7.05 Å². The summed E-state index contributed by atoms with van der Waals surface area (Å²) in [7, 11) is 1.90. The Balaban J connectivity index is 1.69. The van der Waals surface area contributed by atoms with Crippen LogP contribution in [0, 0.1) is 5.82 Å². The van der Waals surface area contributed by atoms with Gasteiger partial charge in [-0.1, -0.05) is 12.1 Å². The van der Waals surface area contributed by atoms with E-state index >= 15 is 0 Å². The first-order valence-electron chi connectivity index (χ1n) is 7.51. The smallest absolute Gasteiger partial charge is 0.261 e. The third kappa shape index (κ3) is 3.34. The lowest BCUT2D eigenvalue weighted by Crippen LogP contribution is -2.50. The van der Waals surface area contributed by atoms with Crippen LogP contribution in [0.25, 0.3) is 0 Å². The van der Waals surface area contributed by atoms with Crippen LogP contribution in [0.3, 0.4) is 0 Å². The fourth-order valence-electron chi connectivity index (χ4n) is 2.72. The highest BCUT2D eigenvalue weighted by Gasteiger charge is 2.30. The van der Waals surface area contributed by atoms with Gasteiger partial charge in [0.15, 0.2) is 18.2 Å². The van der Waals surface area contributed by atoms with Gasteiger partial charge in [0.2, 0.25) is 0 Å². The Morgan fingerprint density at radius 1 is 1.48 bits per heavy atom. The first-order valence-corrected chi connectivity index (χ1v) is 7.51. The van der Waals surface area contributed by atoms with Crippen LogP contribution >= 0.6 is 0 Å². The third-order valence-corrected chi connectivity index (χ3v) is 3.91. The Morgan fingerprint density at radius 3 is 3.04 bits per heavy atom. The summed E-state index contributed by atoms with van der Waals surface area (Å²) in [5.74, 6) is 0.255. The van der Waals surface area contributed by atoms with Gasteiger partial charge in [0.25, 0.3) is 5.91 Å². The molecule has 0 radical (unpaired) electrons. The lowest BCUT2D eigenvalue weighted by Gasteiger charge is -2.35. The van der Waals surface area contributed by atoms with Crippen molar-refractivity contribution in [1.82, 2.24) is 19.8 Å². The molecule has 0 aliphatic carbocycles. The lowest BCUT2D eigenvalue weighted by atomic mass is 10.1. The van der Waals surface area contributed by atoms with Crippen molar-refractivity contribution < 1.29 is 13.9 Å². The maximum Gasteiger partial charge on any atom is 0.261 e. The maximum atomic E-state index is 13.6. The van der Waals surface area contributed by atoms with Crippen molar-refractivity contribution in [2.75, 3.05) is 26.2 Å². The van der Waals surface area contributed by atoms with Gasteiger partial charge in [0, 0.05) is 39.1 Å². The van der Waals surface area contributed by atoms with Crippen molar-refractivity contribution >= 4 is 5.91 Å². The molecule has 0 saturated carbocycles. The normalized spacial score (nSPS) is 18.0. The predicted octanol–water partition coefficient (Wildman–Crippen LogP) is 1.11. The average molecular weight is 318 g/mol. The van der Waals surface area contributed by atoms with E-state index in [2.05, 4.69) is 10.3 Å². The highest BCUT2D eigenvalue weighted by atomic mass is 19.1. The van der Waals surface area contributed by atoms with Gasteiger partial charge in [-0.25, -0.2) is 9.37 Å². The van der Waals surface area contributed by atoms with Gasteiger partial charge in [0.05, 0.1) is 0 Å². The molecule has 1 aliphatic heterocycles. The first kappa shape index (κ1) is 15.5. The van der Waals surface area contributed by atoms with Gasteiger partial charge in [-0.2, -0.15) is 0 Å². The van der Waals surface area contributed by atoms with Crippen molar-refractivity contribution in [1.29, 1.82) is 0 Å². The molecule has 6 nitrogen and oxygen atoms in total. The number of halogens is 1. The highest BCUT2D eigenvalue weighted by Crippen LogP contribution is 2.21. The number of rotatable bonds is 4. The van der Waals surface area contributed by atoms with Crippen LogP contribution < -0.4 is 10.1 Å². The Hall–Kier alpha value is -2.41. The Morgan fingerprint density at radius 2 is 2.30 bits per heavy atom. The molecule has 1 saturated heterocycles. The zero-order valence-electron chi connectivity index (χ0n) is 12.9. The molecule has 1 atom stereocenters. The minimum atomic E-state index is -0.471. The number of hydrogen-bond donors (Lipinski definition) is 1. The van der Waals surface area contributed by atoms with Crippen LogP contribution in [-0.2, 0) is 11.8 Å². The van der Waals surface area contributed by atoms with E-state index in [1.165, 1.54) is 12.1 Å². The standard InChI is InChI=1S/C16H19FN4O2/c1-20-8-7-19-16(20)13-10-18-6-9-21(13)15(22)11-23-14-5-3-2-4-12(14)17/h2-5,7-8,13,18H,6,9-11H2,1H3. The van der Waals surface area contributed by atoms with E-state index in [0.717, 1.165) is 5.82 Å². The summed E-state index contributed by atoms with van der Waals surface area (Å²) in [6.45, 7) is 1.72. The molecule has 23 heavy (non-hydrogen) atoms. The number of aromatic nitrogens is 2. The Bertz CT molecular complexity index is 688. The zero-order chi connectivity index (χ0) is 16.2. The van der Waals surface area contributed by atoms with Crippen LogP contribution in [0.5, 0.6) is 5.75 Å². The topological polar surface area (TPSA) is 59.4 Å². The summed E-state index contributed by atoms with van der Waals surface area (Å²) in [4.78, 5) is 18.6. The summed E-state index contributed by atoms with van der Waals surface area (Å²) in [5.41, 5.74) is 0. The molecular formula is C16H19FN4O2. The molecule has 3 rings (SSSR count). The average Bonchev–Trinajstić information content (AvgIpc) is 3.00. The van der Waals surface area contributed by atoms with E-state index in [9.17, 15) is 9.18 Å². The van der Waals surface area contributed by atoms with E-state index in [-0.39, 0.29) is 24.3 Å². The van der Waals surface area contributed by atoms with Crippen LogP contribution in [0.1, 0.15) is 11.9 Å². The van der Waals surface area contributed by atoms with Gasteiger partial charge < -0.3 is 19.5 Å². The van der Waals surface area contributed by atoms with Crippen molar-refractivity contribution in [3.63, 3.8) is 0 Å². The van der Waals surface area contributed by atoms with Crippen LogP contribution in [0.15, 0.2) is 36.7 Å². The first-order chi connectivity index (χ1) is 11.2. The Kier molecular flexibility index (Phi) is 4.57. The number of ether oxygens (including phenoxy) is 1. The molecule has 1 aromatic heterocycles. The lowest BCUT2D eigenvalue weighted by molar-refractivity contribution is -0.137. The molecule has 0 bridgehead atoms. The molecule has 1 unspecified atom stereocenters. The second-order valence-electron chi connectivity index (χ2n) is 5.42. The number of carbonyl (C=O) groups is 1. The molecule has 1 amide bonds. The number of para-hydroxylation sites is 1. The van der Waals surface area contributed by atoms with Gasteiger partial charge in [-0.05, 0) is 12.1 Å². The summed E-state index contributed by atoms with van der Waals surface area (Å²) in [6.07, 6.45) is 3.56. The van der Waals surface area contributed by atoms with Crippen molar-refractivity contribution in [3.8, 4) is 5.75 Å². The predicted molar refractivity (Wildman–Crippen MR) is 82.4 cm³/mol. The zero-order valence-corrected chi connectivity index (χ0v) is 12.9. The molecule has 0 spiro atoms. The SMILES string of the molecule is Cn1ccnc1C1CNCCN1C(=O)COc1ccccc1F. The number of benzene rings is 1. The van der Waals surface area contributed by atoms with E-state index < -0.39 is 5.82 Å². The molecule has 2 heterocycles. The fraction of sp³-hybridized carbons (Fsp3) is 0.375. The maximum absolute atomic E-state index is 13.6. The van der Waals surface area contributed by atoms with Crippen LogP contribution in [-0.4, -0.2) is 46.6 Å². The molecule has 122 valence electrons. The minimum absolute atomic E-state index is 0.0875. The van der Waals surface area contributed by atoms with Gasteiger partial charge in [-0.15, -0.1) is 0 Å². The number of amides is 1. The number of nitrogens with zero attached hydrogens (tertiary/aromatic N) is 3. The quantitative estimate of drug-likeness (QED) is 0.917. The molecule has 1 fully saturated rings. The van der Waals surface area contributed by atoms with E-state index in [1.807, 2.05) is 17.8 Å². The van der Waals surface area contributed by atoms with Crippen LogP contribution in [0.4, 0.5) is 4.39 Å².